The second kappa shape index (κ2) is 3.85. The molecule has 3 heteroatoms. The molecule has 0 aliphatic carbocycles. The third-order valence-electron chi connectivity index (χ3n) is 1.56. The Hall–Kier alpha value is -1.38. The highest BCUT2D eigenvalue weighted by molar-refractivity contribution is 5.50. The molecule has 0 bridgehead atoms. The van der Waals surface area contributed by atoms with Crippen LogP contribution in [0.25, 0.3) is 0 Å². The number of rotatable bonds is 3. The standard InChI is InChI=1S/C9H9FO2/c10-9-4-3-8(12)6-7(9)2-1-5-11/h3-6,12H,1-2H2. The first-order valence-electron chi connectivity index (χ1n) is 3.65. The van der Waals surface area contributed by atoms with Gasteiger partial charge in [0, 0.05) is 6.42 Å². The summed E-state index contributed by atoms with van der Waals surface area (Å²) in [5, 5.41) is 8.98. The second-order valence-electron chi connectivity index (χ2n) is 2.48. The Labute approximate surface area is 69.6 Å². The van der Waals surface area contributed by atoms with Gasteiger partial charge in [-0.1, -0.05) is 0 Å². The minimum atomic E-state index is -0.380. The third-order valence-corrected chi connectivity index (χ3v) is 1.56. The molecule has 1 aromatic carbocycles. The predicted molar refractivity (Wildman–Crippen MR) is 42.4 cm³/mol. The molecule has 2 nitrogen and oxygen atoms in total. The maximum absolute atomic E-state index is 12.9. The topological polar surface area (TPSA) is 37.3 Å². The molecule has 1 aromatic rings. The highest BCUT2D eigenvalue weighted by atomic mass is 19.1. The highest BCUT2D eigenvalue weighted by Gasteiger charge is 2.01. The summed E-state index contributed by atoms with van der Waals surface area (Å²) >= 11 is 0. The third kappa shape index (κ3) is 2.05. The number of aromatic hydroxyl groups is 1. The lowest BCUT2D eigenvalue weighted by molar-refractivity contribution is -0.107. The lowest BCUT2D eigenvalue weighted by atomic mass is 10.1. The Balaban J connectivity index is 2.82. The Bertz CT molecular complexity index is 284. The number of carbonyl (C=O) groups excluding carboxylic acids is 1. The lowest BCUT2D eigenvalue weighted by Gasteiger charge is -2.00. The molecule has 0 aromatic heterocycles. The van der Waals surface area contributed by atoms with E-state index in [9.17, 15) is 9.18 Å². The molecule has 1 N–H and O–H groups in total. The van der Waals surface area contributed by atoms with Gasteiger partial charge >= 0.3 is 0 Å². The van der Waals surface area contributed by atoms with Gasteiger partial charge in [-0.3, -0.25) is 0 Å². The zero-order valence-corrected chi connectivity index (χ0v) is 6.46. The number of hydrogen-bond acceptors (Lipinski definition) is 2. The number of phenols is 1. The molecule has 0 atom stereocenters. The first-order chi connectivity index (χ1) is 5.74. The smallest absolute Gasteiger partial charge is 0.126 e. The molecule has 0 fully saturated rings. The fourth-order valence-corrected chi connectivity index (χ4v) is 0.967. The molecule has 0 amide bonds. The van der Waals surface area contributed by atoms with Crippen LogP contribution >= 0.6 is 0 Å². The van der Waals surface area contributed by atoms with Gasteiger partial charge in [0.15, 0.2) is 0 Å². The van der Waals surface area contributed by atoms with Crippen molar-refractivity contribution in [1.82, 2.24) is 0 Å². The Morgan fingerprint density at radius 1 is 1.50 bits per heavy atom. The largest absolute Gasteiger partial charge is 0.508 e. The van der Waals surface area contributed by atoms with Crippen molar-refractivity contribution < 1.29 is 14.3 Å². The van der Waals surface area contributed by atoms with E-state index in [-0.39, 0.29) is 18.0 Å². The summed E-state index contributed by atoms with van der Waals surface area (Å²) in [5.41, 5.74) is 0.377. The van der Waals surface area contributed by atoms with Crippen LogP contribution in [0.2, 0.25) is 0 Å². The predicted octanol–water partition coefficient (Wildman–Crippen LogP) is 1.66. The summed E-state index contributed by atoms with van der Waals surface area (Å²) in [5.74, 6) is -0.355. The van der Waals surface area contributed by atoms with Gasteiger partial charge < -0.3 is 9.90 Å². The number of aldehydes is 1. The summed E-state index contributed by atoms with van der Waals surface area (Å²) in [6, 6.07) is 3.80. The SMILES string of the molecule is O=CCCc1cc(O)ccc1F. The normalized spacial score (nSPS) is 9.75. The maximum Gasteiger partial charge on any atom is 0.126 e. The van der Waals surface area contributed by atoms with E-state index in [1.54, 1.807) is 0 Å². The van der Waals surface area contributed by atoms with Gasteiger partial charge in [0.2, 0.25) is 0 Å². The second-order valence-corrected chi connectivity index (χ2v) is 2.48. The van der Waals surface area contributed by atoms with Crippen molar-refractivity contribution in [2.45, 2.75) is 12.8 Å². The maximum atomic E-state index is 12.9. The molecule has 0 unspecified atom stereocenters. The van der Waals surface area contributed by atoms with Crippen LogP contribution in [0.1, 0.15) is 12.0 Å². The van der Waals surface area contributed by atoms with E-state index in [4.69, 9.17) is 5.11 Å². The Kier molecular flexibility index (Phi) is 2.80. The minimum Gasteiger partial charge on any atom is -0.508 e. The first-order valence-corrected chi connectivity index (χ1v) is 3.65. The van der Waals surface area contributed by atoms with Crippen LogP contribution < -0.4 is 0 Å². The van der Waals surface area contributed by atoms with E-state index in [2.05, 4.69) is 0 Å². The van der Waals surface area contributed by atoms with Crippen molar-refractivity contribution in [3.63, 3.8) is 0 Å². The van der Waals surface area contributed by atoms with E-state index < -0.39 is 0 Å². The van der Waals surface area contributed by atoms with Crippen LogP contribution in [0, 0.1) is 5.82 Å². The molecule has 0 radical (unpaired) electrons. The monoisotopic (exact) mass is 168 g/mol. The number of halogens is 1. The highest BCUT2D eigenvalue weighted by Crippen LogP contribution is 2.16. The van der Waals surface area contributed by atoms with Crippen LogP contribution in [0.15, 0.2) is 18.2 Å². The molecule has 12 heavy (non-hydrogen) atoms. The average Bonchev–Trinajstić information content (AvgIpc) is 2.07. The molecular weight excluding hydrogens is 159 g/mol. The number of phenolic OH excluding ortho intramolecular Hbond substituents is 1. The molecule has 0 spiro atoms. The van der Waals surface area contributed by atoms with Gasteiger partial charge in [-0.05, 0) is 30.2 Å². The van der Waals surface area contributed by atoms with Crippen molar-refractivity contribution >= 4 is 6.29 Å². The fraction of sp³-hybridized carbons (Fsp3) is 0.222. The van der Waals surface area contributed by atoms with Crippen molar-refractivity contribution in [3.05, 3.63) is 29.6 Å². The average molecular weight is 168 g/mol. The van der Waals surface area contributed by atoms with Gasteiger partial charge in [0.05, 0.1) is 0 Å². The van der Waals surface area contributed by atoms with Crippen LogP contribution in [-0.4, -0.2) is 11.4 Å². The van der Waals surface area contributed by atoms with Gasteiger partial charge in [-0.2, -0.15) is 0 Å². The van der Waals surface area contributed by atoms with Crippen LogP contribution in [0.4, 0.5) is 4.39 Å². The first kappa shape index (κ1) is 8.71. The molecule has 0 heterocycles. The Morgan fingerprint density at radius 2 is 2.25 bits per heavy atom. The van der Waals surface area contributed by atoms with E-state index in [0.717, 1.165) is 6.29 Å². The summed E-state index contributed by atoms with van der Waals surface area (Å²) < 4.78 is 12.9. The van der Waals surface area contributed by atoms with E-state index in [0.29, 0.717) is 12.0 Å². The molecule has 0 aliphatic rings. The molecule has 0 aliphatic heterocycles. The summed E-state index contributed by atoms with van der Waals surface area (Å²) in [7, 11) is 0. The van der Waals surface area contributed by atoms with E-state index in [1.807, 2.05) is 0 Å². The van der Waals surface area contributed by atoms with Crippen LogP contribution in [-0.2, 0) is 11.2 Å². The number of hydrogen-bond donors (Lipinski definition) is 1. The van der Waals surface area contributed by atoms with Crippen molar-refractivity contribution in [2.24, 2.45) is 0 Å². The number of carbonyl (C=O) groups is 1. The van der Waals surface area contributed by atoms with Gasteiger partial charge in [0.1, 0.15) is 17.9 Å². The van der Waals surface area contributed by atoms with Gasteiger partial charge in [-0.15, -0.1) is 0 Å². The molecule has 1 rings (SSSR count). The summed E-state index contributed by atoms with van der Waals surface area (Å²) in [4.78, 5) is 9.99. The number of benzene rings is 1. The van der Waals surface area contributed by atoms with Crippen molar-refractivity contribution in [3.8, 4) is 5.75 Å². The van der Waals surface area contributed by atoms with Crippen LogP contribution in [0.3, 0.4) is 0 Å². The summed E-state index contributed by atoms with van der Waals surface area (Å²) in [6.07, 6.45) is 1.34. The fourth-order valence-electron chi connectivity index (χ4n) is 0.967. The molecule has 64 valence electrons. The Morgan fingerprint density at radius 3 is 2.92 bits per heavy atom. The van der Waals surface area contributed by atoms with Gasteiger partial charge in [0.25, 0.3) is 0 Å². The molecular formula is C9H9FO2. The molecule has 0 saturated carbocycles. The van der Waals surface area contributed by atoms with Crippen molar-refractivity contribution in [2.75, 3.05) is 0 Å². The lowest BCUT2D eigenvalue weighted by Crippen LogP contribution is -1.90. The van der Waals surface area contributed by atoms with E-state index >= 15 is 0 Å². The van der Waals surface area contributed by atoms with Gasteiger partial charge in [-0.25, -0.2) is 4.39 Å². The number of aryl methyl sites for hydroxylation is 1. The van der Waals surface area contributed by atoms with E-state index in [1.165, 1.54) is 18.2 Å². The molecule has 0 saturated heterocycles. The minimum absolute atomic E-state index is 0.0253. The zero-order chi connectivity index (χ0) is 8.97. The zero-order valence-electron chi connectivity index (χ0n) is 6.46. The summed E-state index contributed by atoms with van der Waals surface area (Å²) in [6.45, 7) is 0. The van der Waals surface area contributed by atoms with Crippen LogP contribution in [0.5, 0.6) is 5.75 Å². The van der Waals surface area contributed by atoms with Crippen molar-refractivity contribution in [1.29, 1.82) is 0 Å². The quantitative estimate of drug-likeness (QED) is 0.697.